The van der Waals surface area contributed by atoms with Gasteiger partial charge in [-0.25, -0.2) is 14.1 Å². The van der Waals surface area contributed by atoms with E-state index in [4.69, 9.17) is 0 Å². The third-order valence-electron chi connectivity index (χ3n) is 3.37. The monoisotopic (exact) mass is 288 g/mol. The maximum Gasteiger partial charge on any atom is 0.299 e. The summed E-state index contributed by atoms with van der Waals surface area (Å²) >= 11 is 0. The van der Waals surface area contributed by atoms with Gasteiger partial charge < -0.3 is 0 Å². The lowest BCUT2D eigenvalue weighted by molar-refractivity contribution is -0.114. The number of amides is 1. The van der Waals surface area contributed by atoms with Crippen LogP contribution in [0.15, 0.2) is 24.5 Å². The number of fused-ring (bicyclic) bond motifs is 1. The first-order valence-electron chi connectivity index (χ1n) is 6.53. The van der Waals surface area contributed by atoms with E-state index in [0.29, 0.717) is 5.82 Å². The molecule has 0 unspecified atom stereocenters. The third kappa shape index (κ3) is 2.10. The molecule has 0 fully saturated rings. The number of Topliss-reactive ketones (excluding diaryl/α,β-unsaturated/α-hetero) is 1. The molecule has 0 N–H and O–H groups in total. The van der Waals surface area contributed by atoms with Crippen LogP contribution in [-0.4, -0.2) is 26.5 Å². The fourth-order valence-corrected chi connectivity index (χ4v) is 2.38. The lowest BCUT2D eigenvalue weighted by Gasteiger charge is -2.17. The van der Waals surface area contributed by atoms with E-state index in [2.05, 4.69) is 10.1 Å². The number of hydrogen-bond acceptors (Lipinski definition) is 4. The number of hydrogen-bond donors (Lipinski definition) is 0. The van der Waals surface area contributed by atoms with Gasteiger partial charge in [0.25, 0.3) is 11.7 Å². The maximum absolute atomic E-state index is 13.4. The smallest absolute Gasteiger partial charge is 0.297 e. The second-order valence-electron chi connectivity index (χ2n) is 5.10. The van der Waals surface area contributed by atoms with Gasteiger partial charge in [0.1, 0.15) is 18.0 Å². The zero-order valence-corrected chi connectivity index (χ0v) is 11.6. The SMILES string of the molecule is CC(C)n1ncnc1CN1C(=O)C(=O)c2ccc(F)cc21. The van der Waals surface area contributed by atoms with Crippen LogP contribution >= 0.6 is 0 Å². The van der Waals surface area contributed by atoms with Gasteiger partial charge in [-0.2, -0.15) is 5.10 Å². The standard InChI is InChI=1S/C14H13FN4O2/c1-8(2)19-12(16-7-17-19)6-18-11-5-9(15)3-4-10(11)13(20)14(18)21/h3-5,7-8H,6H2,1-2H3. The quantitative estimate of drug-likeness (QED) is 0.807. The van der Waals surface area contributed by atoms with E-state index in [1.165, 1.54) is 29.4 Å². The molecule has 1 aromatic heterocycles. The molecule has 1 amide bonds. The number of nitrogens with zero attached hydrogens (tertiary/aromatic N) is 4. The molecule has 0 saturated carbocycles. The number of benzene rings is 1. The number of halogens is 1. The zero-order valence-electron chi connectivity index (χ0n) is 11.6. The van der Waals surface area contributed by atoms with Gasteiger partial charge >= 0.3 is 0 Å². The minimum absolute atomic E-state index is 0.0721. The van der Waals surface area contributed by atoms with Crippen molar-refractivity contribution in [3.8, 4) is 0 Å². The summed E-state index contributed by atoms with van der Waals surface area (Å²) in [5, 5.41) is 4.08. The Morgan fingerprint density at radius 2 is 2.05 bits per heavy atom. The van der Waals surface area contributed by atoms with Crippen LogP contribution in [0.2, 0.25) is 0 Å². The average Bonchev–Trinajstić information content (AvgIpc) is 2.99. The van der Waals surface area contributed by atoms with E-state index in [0.717, 1.165) is 0 Å². The summed E-state index contributed by atoms with van der Waals surface area (Å²) in [6, 6.07) is 3.76. The molecular weight excluding hydrogens is 275 g/mol. The van der Waals surface area contributed by atoms with Crippen LogP contribution in [0.3, 0.4) is 0 Å². The summed E-state index contributed by atoms with van der Waals surface area (Å²) in [5.74, 6) is -1.25. The Bertz CT molecular complexity index is 738. The minimum Gasteiger partial charge on any atom is -0.297 e. The van der Waals surface area contributed by atoms with Gasteiger partial charge in [0, 0.05) is 6.04 Å². The Kier molecular flexibility index (Phi) is 3.04. The number of carbonyl (C=O) groups excluding carboxylic acids is 2. The largest absolute Gasteiger partial charge is 0.299 e. The Hall–Kier alpha value is -2.57. The number of anilines is 1. The fraction of sp³-hybridized carbons (Fsp3) is 0.286. The number of aromatic nitrogens is 3. The Labute approximate surface area is 120 Å². The molecule has 2 heterocycles. The van der Waals surface area contributed by atoms with Crippen molar-refractivity contribution in [2.75, 3.05) is 4.90 Å². The summed E-state index contributed by atoms with van der Waals surface area (Å²) in [4.78, 5) is 29.3. The second-order valence-corrected chi connectivity index (χ2v) is 5.10. The van der Waals surface area contributed by atoms with Crippen molar-refractivity contribution in [1.29, 1.82) is 0 Å². The number of rotatable bonds is 3. The average molecular weight is 288 g/mol. The van der Waals surface area contributed by atoms with E-state index >= 15 is 0 Å². The van der Waals surface area contributed by atoms with Crippen molar-refractivity contribution in [2.24, 2.45) is 0 Å². The molecule has 3 rings (SSSR count). The summed E-state index contributed by atoms with van der Waals surface area (Å²) in [5.41, 5.74) is 0.500. The molecule has 0 atom stereocenters. The van der Waals surface area contributed by atoms with Crippen molar-refractivity contribution >= 4 is 17.4 Å². The first-order chi connectivity index (χ1) is 9.99. The van der Waals surface area contributed by atoms with Gasteiger partial charge in [0.05, 0.1) is 17.8 Å². The fourth-order valence-electron chi connectivity index (χ4n) is 2.38. The highest BCUT2D eigenvalue weighted by atomic mass is 19.1. The van der Waals surface area contributed by atoms with Crippen LogP contribution in [0, 0.1) is 5.82 Å². The van der Waals surface area contributed by atoms with E-state index in [9.17, 15) is 14.0 Å². The van der Waals surface area contributed by atoms with Gasteiger partial charge in [0.15, 0.2) is 0 Å². The summed E-state index contributed by atoms with van der Waals surface area (Å²) in [6.07, 6.45) is 1.39. The molecular formula is C14H13FN4O2. The van der Waals surface area contributed by atoms with Crippen molar-refractivity contribution in [3.63, 3.8) is 0 Å². The van der Waals surface area contributed by atoms with Gasteiger partial charge in [-0.15, -0.1) is 0 Å². The van der Waals surface area contributed by atoms with Crippen molar-refractivity contribution < 1.29 is 14.0 Å². The van der Waals surface area contributed by atoms with E-state index in [-0.39, 0.29) is 23.8 Å². The topological polar surface area (TPSA) is 68.1 Å². The number of carbonyl (C=O) groups is 2. The highest BCUT2D eigenvalue weighted by Crippen LogP contribution is 2.30. The molecule has 2 aromatic rings. The molecule has 0 spiro atoms. The van der Waals surface area contributed by atoms with Gasteiger partial charge in [-0.1, -0.05) is 0 Å². The van der Waals surface area contributed by atoms with Crippen LogP contribution < -0.4 is 4.90 Å². The van der Waals surface area contributed by atoms with Crippen LogP contribution in [-0.2, 0) is 11.3 Å². The number of ketones is 1. The predicted octanol–water partition coefficient (Wildman–Crippen LogP) is 1.73. The first kappa shape index (κ1) is 13.4. The summed E-state index contributed by atoms with van der Waals surface area (Å²) in [6.45, 7) is 3.95. The summed E-state index contributed by atoms with van der Waals surface area (Å²) in [7, 11) is 0. The molecule has 0 radical (unpaired) electrons. The van der Waals surface area contributed by atoms with Crippen LogP contribution in [0.4, 0.5) is 10.1 Å². The normalized spacial score (nSPS) is 14.2. The zero-order chi connectivity index (χ0) is 15.1. The minimum atomic E-state index is -0.672. The molecule has 1 aliphatic heterocycles. The highest BCUT2D eigenvalue weighted by molar-refractivity contribution is 6.52. The third-order valence-corrected chi connectivity index (χ3v) is 3.37. The molecule has 6 nitrogen and oxygen atoms in total. The first-order valence-corrected chi connectivity index (χ1v) is 6.53. The summed E-state index contributed by atoms with van der Waals surface area (Å²) < 4.78 is 15.1. The van der Waals surface area contributed by atoms with Crippen LogP contribution in [0.25, 0.3) is 0 Å². The lowest BCUT2D eigenvalue weighted by atomic mass is 10.1. The van der Waals surface area contributed by atoms with Crippen molar-refractivity contribution in [3.05, 3.63) is 41.7 Å². The van der Waals surface area contributed by atoms with Crippen LogP contribution in [0.5, 0.6) is 0 Å². The van der Waals surface area contributed by atoms with Gasteiger partial charge in [0.2, 0.25) is 0 Å². The van der Waals surface area contributed by atoms with Crippen molar-refractivity contribution in [2.45, 2.75) is 26.4 Å². The van der Waals surface area contributed by atoms with Crippen LogP contribution in [0.1, 0.15) is 36.1 Å². The Balaban J connectivity index is 2.00. The molecule has 0 bridgehead atoms. The Morgan fingerprint density at radius 1 is 1.29 bits per heavy atom. The van der Waals surface area contributed by atoms with E-state index in [1.54, 1.807) is 4.68 Å². The predicted molar refractivity (Wildman–Crippen MR) is 72.3 cm³/mol. The molecule has 0 aliphatic carbocycles. The molecule has 21 heavy (non-hydrogen) atoms. The van der Waals surface area contributed by atoms with Crippen molar-refractivity contribution in [1.82, 2.24) is 14.8 Å². The molecule has 1 aromatic carbocycles. The highest BCUT2D eigenvalue weighted by Gasteiger charge is 2.36. The molecule has 108 valence electrons. The second kappa shape index (κ2) is 4.76. The van der Waals surface area contributed by atoms with Gasteiger partial charge in [-0.05, 0) is 32.0 Å². The van der Waals surface area contributed by atoms with E-state index < -0.39 is 17.5 Å². The Morgan fingerprint density at radius 3 is 2.76 bits per heavy atom. The maximum atomic E-state index is 13.4. The molecule has 0 saturated heterocycles. The molecule has 7 heteroatoms. The lowest BCUT2D eigenvalue weighted by Crippen LogP contribution is -2.30. The molecule has 1 aliphatic rings. The van der Waals surface area contributed by atoms with Gasteiger partial charge in [-0.3, -0.25) is 14.5 Å². The van der Waals surface area contributed by atoms with E-state index in [1.807, 2.05) is 13.8 Å².